The molecule has 2 rings (SSSR count). The van der Waals surface area contributed by atoms with Crippen molar-refractivity contribution in [1.29, 1.82) is 0 Å². The van der Waals surface area contributed by atoms with Gasteiger partial charge in [-0.15, -0.1) is 0 Å². The molecular formula is C13H20N2OS. The summed E-state index contributed by atoms with van der Waals surface area (Å²) in [6, 6.07) is 1.93. The number of hydrogen-bond donors (Lipinski definition) is 1. The average Bonchev–Trinajstić information content (AvgIpc) is 2.16. The van der Waals surface area contributed by atoms with Gasteiger partial charge in [-0.05, 0) is 45.6 Å². The normalized spacial score (nSPS) is 18.6. The third-order valence-electron chi connectivity index (χ3n) is 3.16. The molecule has 3 nitrogen and oxygen atoms in total. The molecular weight excluding hydrogens is 232 g/mol. The van der Waals surface area contributed by atoms with Gasteiger partial charge in [0.2, 0.25) is 0 Å². The second-order valence-electron chi connectivity index (χ2n) is 5.57. The molecule has 0 radical (unpaired) electrons. The summed E-state index contributed by atoms with van der Waals surface area (Å²) in [6.07, 6.45) is 7.41. The van der Waals surface area contributed by atoms with E-state index >= 15 is 0 Å². The van der Waals surface area contributed by atoms with Crippen LogP contribution in [0.3, 0.4) is 0 Å². The number of nitrogens with zero attached hydrogens (tertiary/aromatic N) is 1. The van der Waals surface area contributed by atoms with E-state index in [0.717, 1.165) is 5.69 Å². The van der Waals surface area contributed by atoms with Crippen LogP contribution in [0.15, 0.2) is 18.5 Å². The molecule has 1 N–H and O–H groups in total. The van der Waals surface area contributed by atoms with E-state index in [-0.39, 0.29) is 4.75 Å². The van der Waals surface area contributed by atoms with Crippen molar-refractivity contribution in [1.82, 2.24) is 4.98 Å². The Morgan fingerprint density at radius 2 is 2.12 bits per heavy atom. The Kier molecular flexibility index (Phi) is 3.64. The van der Waals surface area contributed by atoms with Gasteiger partial charge in [-0.3, -0.25) is 4.98 Å². The van der Waals surface area contributed by atoms with Crippen molar-refractivity contribution in [2.24, 2.45) is 0 Å². The van der Waals surface area contributed by atoms with E-state index in [9.17, 15) is 4.55 Å². The summed E-state index contributed by atoms with van der Waals surface area (Å²) in [5.74, 6) is 0.600. The SMILES string of the molecule is CC(C)(C)[S+]([O-])Nc1ccncc1C1CCC1. The third kappa shape index (κ3) is 2.93. The Bertz CT molecular complexity index is 385. The second kappa shape index (κ2) is 4.86. The summed E-state index contributed by atoms with van der Waals surface area (Å²) < 4.78 is 15.0. The average molecular weight is 252 g/mol. The van der Waals surface area contributed by atoms with E-state index in [1.165, 1.54) is 24.8 Å². The maximum Gasteiger partial charge on any atom is 0.142 e. The maximum atomic E-state index is 12.1. The summed E-state index contributed by atoms with van der Waals surface area (Å²) >= 11 is -1.07. The Balaban J connectivity index is 2.15. The van der Waals surface area contributed by atoms with Crippen LogP contribution in [0.5, 0.6) is 0 Å². The quantitative estimate of drug-likeness (QED) is 0.840. The molecule has 0 amide bonds. The van der Waals surface area contributed by atoms with E-state index in [2.05, 4.69) is 9.71 Å². The fourth-order valence-electron chi connectivity index (χ4n) is 1.80. The van der Waals surface area contributed by atoms with Crippen molar-refractivity contribution < 1.29 is 4.55 Å². The first-order chi connectivity index (χ1) is 7.98. The highest BCUT2D eigenvalue weighted by Gasteiger charge is 2.29. The zero-order chi connectivity index (χ0) is 12.5. The highest BCUT2D eigenvalue weighted by Crippen LogP contribution is 2.39. The minimum Gasteiger partial charge on any atom is -0.593 e. The lowest BCUT2D eigenvalue weighted by molar-refractivity contribution is 0.420. The molecule has 1 aliphatic carbocycles. The number of rotatable bonds is 3. The highest BCUT2D eigenvalue weighted by atomic mass is 32.2. The minimum absolute atomic E-state index is 0.250. The summed E-state index contributed by atoms with van der Waals surface area (Å²) in [7, 11) is 0. The molecule has 0 aromatic carbocycles. The lowest BCUT2D eigenvalue weighted by Crippen LogP contribution is -2.34. The van der Waals surface area contributed by atoms with Gasteiger partial charge in [-0.1, -0.05) is 6.42 Å². The molecule has 17 heavy (non-hydrogen) atoms. The van der Waals surface area contributed by atoms with Gasteiger partial charge in [0, 0.05) is 18.0 Å². The Morgan fingerprint density at radius 3 is 2.65 bits per heavy atom. The summed E-state index contributed by atoms with van der Waals surface area (Å²) in [5, 5.41) is 0. The number of aromatic nitrogens is 1. The molecule has 4 heteroatoms. The molecule has 0 saturated heterocycles. The fourth-order valence-corrected chi connectivity index (χ4v) is 2.49. The molecule has 1 aromatic rings. The predicted molar refractivity (Wildman–Crippen MR) is 72.3 cm³/mol. The van der Waals surface area contributed by atoms with Crippen LogP contribution in [0.25, 0.3) is 0 Å². The fraction of sp³-hybridized carbons (Fsp3) is 0.615. The predicted octanol–water partition coefficient (Wildman–Crippen LogP) is 3.22. The minimum atomic E-state index is -1.07. The van der Waals surface area contributed by atoms with Crippen LogP contribution in [0.4, 0.5) is 5.69 Å². The molecule has 1 saturated carbocycles. The van der Waals surface area contributed by atoms with Crippen LogP contribution in [-0.2, 0) is 11.4 Å². The summed E-state index contributed by atoms with van der Waals surface area (Å²) in [5.41, 5.74) is 2.20. The number of pyridine rings is 1. The molecule has 1 unspecified atom stereocenters. The topological polar surface area (TPSA) is 48.0 Å². The van der Waals surface area contributed by atoms with Crippen LogP contribution in [0, 0.1) is 0 Å². The molecule has 94 valence electrons. The smallest absolute Gasteiger partial charge is 0.142 e. The van der Waals surface area contributed by atoms with Crippen molar-refractivity contribution in [2.45, 2.75) is 50.7 Å². The monoisotopic (exact) mass is 252 g/mol. The maximum absolute atomic E-state index is 12.1. The van der Waals surface area contributed by atoms with E-state index in [1.807, 2.05) is 33.0 Å². The zero-order valence-electron chi connectivity index (χ0n) is 10.7. The van der Waals surface area contributed by atoms with Gasteiger partial charge < -0.3 is 4.55 Å². The number of anilines is 1. The largest absolute Gasteiger partial charge is 0.593 e. The van der Waals surface area contributed by atoms with Crippen LogP contribution in [0.2, 0.25) is 0 Å². The van der Waals surface area contributed by atoms with E-state index in [0.29, 0.717) is 5.92 Å². The van der Waals surface area contributed by atoms with Crippen LogP contribution >= 0.6 is 0 Å². The lowest BCUT2D eigenvalue weighted by atomic mass is 9.80. The van der Waals surface area contributed by atoms with Gasteiger partial charge in [-0.25, -0.2) is 4.72 Å². The van der Waals surface area contributed by atoms with E-state index < -0.39 is 11.4 Å². The van der Waals surface area contributed by atoms with Crippen LogP contribution in [0.1, 0.15) is 51.5 Å². The second-order valence-corrected chi connectivity index (χ2v) is 7.54. The van der Waals surface area contributed by atoms with E-state index in [4.69, 9.17) is 0 Å². The van der Waals surface area contributed by atoms with Crippen molar-refractivity contribution >= 4 is 17.0 Å². The van der Waals surface area contributed by atoms with Crippen LogP contribution < -0.4 is 4.72 Å². The van der Waals surface area contributed by atoms with Crippen molar-refractivity contribution in [3.05, 3.63) is 24.0 Å². The molecule has 0 aliphatic heterocycles. The van der Waals surface area contributed by atoms with Gasteiger partial charge in [0.05, 0.1) is 17.0 Å². The number of nitrogens with one attached hydrogen (secondary N) is 1. The van der Waals surface area contributed by atoms with Gasteiger partial charge in [-0.2, -0.15) is 0 Å². The van der Waals surface area contributed by atoms with Gasteiger partial charge in [0.25, 0.3) is 0 Å². The zero-order valence-corrected chi connectivity index (χ0v) is 11.5. The van der Waals surface area contributed by atoms with Crippen molar-refractivity contribution in [3.8, 4) is 0 Å². The standard InChI is InChI=1S/C13H20N2OS/c1-13(2,3)17(16)15-12-7-8-14-9-11(12)10-5-4-6-10/h7-10H,4-6H2,1-3H3,(H,14,15). The lowest BCUT2D eigenvalue weighted by Gasteiger charge is -2.29. The van der Waals surface area contributed by atoms with Gasteiger partial charge in [0.15, 0.2) is 0 Å². The van der Waals surface area contributed by atoms with Gasteiger partial charge >= 0.3 is 0 Å². The molecule has 1 aromatic heterocycles. The first kappa shape index (κ1) is 12.7. The highest BCUT2D eigenvalue weighted by molar-refractivity contribution is 7.94. The summed E-state index contributed by atoms with van der Waals surface area (Å²) in [6.45, 7) is 5.92. The Hall–Kier alpha value is -0.740. The van der Waals surface area contributed by atoms with Crippen molar-refractivity contribution in [3.63, 3.8) is 0 Å². The molecule has 1 heterocycles. The number of hydrogen-bond acceptors (Lipinski definition) is 3. The first-order valence-corrected chi connectivity index (χ1v) is 7.26. The van der Waals surface area contributed by atoms with Crippen molar-refractivity contribution in [2.75, 3.05) is 4.72 Å². The molecule has 1 aliphatic rings. The van der Waals surface area contributed by atoms with E-state index in [1.54, 1.807) is 6.20 Å². The van der Waals surface area contributed by atoms with Gasteiger partial charge in [0.1, 0.15) is 4.75 Å². The molecule has 1 atom stereocenters. The molecule has 0 bridgehead atoms. The Labute approximate surface area is 106 Å². The first-order valence-electron chi connectivity index (χ1n) is 6.11. The molecule has 1 fully saturated rings. The summed E-state index contributed by atoms with van der Waals surface area (Å²) in [4.78, 5) is 4.18. The van der Waals surface area contributed by atoms with Crippen LogP contribution in [-0.4, -0.2) is 14.3 Å². The Morgan fingerprint density at radius 1 is 1.41 bits per heavy atom. The molecule has 0 spiro atoms. The third-order valence-corrected chi connectivity index (χ3v) is 4.67.